The lowest BCUT2D eigenvalue weighted by Gasteiger charge is -2.08. The molecule has 1 aromatic carbocycles. The molecule has 1 amide bonds. The number of benzene rings is 1. The summed E-state index contributed by atoms with van der Waals surface area (Å²) in [6, 6.07) is 5.94. The fraction of sp³-hybridized carbons (Fsp3) is 0.0769. The third-order valence-corrected chi connectivity index (χ3v) is 2.47. The molecule has 0 fully saturated rings. The normalized spacial score (nSPS) is 10.3. The van der Waals surface area contributed by atoms with Gasteiger partial charge in [-0.05, 0) is 30.7 Å². The summed E-state index contributed by atoms with van der Waals surface area (Å²) < 4.78 is 40.0. The number of aryl methyl sites for hydroxylation is 1. The highest BCUT2D eigenvalue weighted by molar-refractivity contribution is 6.04. The zero-order chi connectivity index (χ0) is 14.0. The fourth-order valence-corrected chi connectivity index (χ4v) is 1.52. The standard InChI is InChI=1S/C13H9F3N2O/c1-7-5-6-8(14)11(12(7)16)13(19)18-10-4-2-3-9(15)17-10/h2-6H,1H3,(H,17,18,19). The lowest BCUT2D eigenvalue weighted by Crippen LogP contribution is -2.17. The number of nitrogens with zero attached hydrogens (tertiary/aromatic N) is 1. The monoisotopic (exact) mass is 266 g/mol. The number of hydrogen-bond acceptors (Lipinski definition) is 2. The molecule has 1 N–H and O–H groups in total. The van der Waals surface area contributed by atoms with E-state index < -0.39 is 29.1 Å². The Hall–Kier alpha value is -2.37. The van der Waals surface area contributed by atoms with Gasteiger partial charge in [0.15, 0.2) is 0 Å². The minimum Gasteiger partial charge on any atom is -0.306 e. The third kappa shape index (κ3) is 2.73. The van der Waals surface area contributed by atoms with Crippen LogP contribution in [0.25, 0.3) is 0 Å². The lowest BCUT2D eigenvalue weighted by molar-refractivity contribution is 0.101. The van der Waals surface area contributed by atoms with E-state index in [0.717, 1.165) is 12.1 Å². The number of pyridine rings is 1. The highest BCUT2D eigenvalue weighted by Gasteiger charge is 2.19. The molecule has 0 aliphatic rings. The minimum atomic E-state index is -1.02. The third-order valence-electron chi connectivity index (χ3n) is 2.47. The first-order valence-corrected chi connectivity index (χ1v) is 5.37. The minimum absolute atomic E-state index is 0.120. The van der Waals surface area contributed by atoms with Gasteiger partial charge in [-0.15, -0.1) is 0 Å². The Balaban J connectivity index is 2.33. The van der Waals surface area contributed by atoms with E-state index in [-0.39, 0.29) is 11.4 Å². The number of halogens is 3. The van der Waals surface area contributed by atoms with E-state index in [1.165, 1.54) is 25.1 Å². The van der Waals surface area contributed by atoms with Gasteiger partial charge in [0, 0.05) is 0 Å². The van der Waals surface area contributed by atoms with Crippen molar-refractivity contribution < 1.29 is 18.0 Å². The number of anilines is 1. The fourth-order valence-electron chi connectivity index (χ4n) is 1.52. The molecule has 0 saturated carbocycles. The summed E-state index contributed by atoms with van der Waals surface area (Å²) >= 11 is 0. The average molecular weight is 266 g/mol. The first-order valence-electron chi connectivity index (χ1n) is 5.37. The van der Waals surface area contributed by atoms with Gasteiger partial charge in [-0.25, -0.2) is 13.8 Å². The van der Waals surface area contributed by atoms with Gasteiger partial charge in [0.25, 0.3) is 5.91 Å². The van der Waals surface area contributed by atoms with Crippen LogP contribution in [0.4, 0.5) is 19.0 Å². The molecular weight excluding hydrogens is 257 g/mol. The Bertz CT molecular complexity index is 644. The van der Waals surface area contributed by atoms with Crippen LogP contribution in [0.5, 0.6) is 0 Å². The number of rotatable bonds is 2. The number of hydrogen-bond donors (Lipinski definition) is 1. The van der Waals surface area contributed by atoms with Crippen molar-refractivity contribution in [2.24, 2.45) is 0 Å². The molecule has 2 aromatic rings. The molecule has 0 aliphatic carbocycles. The Labute approximate surface area is 107 Å². The highest BCUT2D eigenvalue weighted by atomic mass is 19.1. The number of aromatic nitrogens is 1. The SMILES string of the molecule is Cc1ccc(F)c(C(=O)Nc2cccc(F)n2)c1F. The highest BCUT2D eigenvalue weighted by Crippen LogP contribution is 2.17. The van der Waals surface area contributed by atoms with Crippen molar-refractivity contribution in [1.29, 1.82) is 0 Å². The van der Waals surface area contributed by atoms with E-state index in [9.17, 15) is 18.0 Å². The predicted molar refractivity (Wildman–Crippen MR) is 63.2 cm³/mol. The summed E-state index contributed by atoms with van der Waals surface area (Å²) in [6.45, 7) is 1.41. The van der Waals surface area contributed by atoms with E-state index >= 15 is 0 Å². The van der Waals surface area contributed by atoms with Crippen molar-refractivity contribution in [3.05, 3.63) is 59.0 Å². The average Bonchev–Trinajstić information content (AvgIpc) is 2.34. The molecule has 3 nitrogen and oxygen atoms in total. The summed E-state index contributed by atoms with van der Waals surface area (Å²) in [5.74, 6) is -3.88. The van der Waals surface area contributed by atoms with Crippen LogP contribution in [0, 0.1) is 24.5 Å². The van der Waals surface area contributed by atoms with Gasteiger partial charge in [-0.2, -0.15) is 4.39 Å². The molecule has 6 heteroatoms. The van der Waals surface area contributed by atoms with Gasteiger partial charge >= 0.3 is 0 Å². The number of amides is 1. The van der Waals surface area contributed by atoms with Gasteiger partial charge in [0.1, 0.15) is 23.0 Å². The van der Waals surface area contributed by atoms with E-state index in [0.29, 0.717) is 0 Å². The maximum Gasteiger partial charge on any atom is 0.262 e. The van der Waals surface area contributed by atoms with Crippen LogP contribution in [0.2, 0.25) is 0 Å². The largest absolute Gasteiger partial charge is 0.306 e. The maximum atomic E-state index is 13.7. The Kier molecular flexibility index (Phi) is 3.50. The first kappa shape index (κ1) is 13.1. The van der Waals surface area contributed by atoms with Crippen LogP contribution in [0.3, 0.4) is 0 Å². The van der Waals surface area contributed by atoms with Crippen molar-refractivity contribution >= 4 is 11.7 Å². The van der Waals surface area contributed by atoms with E-state index in [1.807, 2.05) is 0 Å². The van der Waals surface area contributed by atoms with Gasteiger partial charge in [0.05, 0.1) is 0 Å². The molecule has 19 heavy (non-hydrogen) atoms. The van der Waals surface area contributed by atoms with Crippen molar-refractivity contribution in [2.45, 2.75) is 6.92 Å². The molecule has 0 bridgehead atoms. The zero-order valence-electron chi connectivity index (χ0n) is 9.88. The quantitative estimate of drug-likeness (QED) is 0.849. The Morgan fingerprint density at radius 1 is 1.16 bits per heavy atom. The second-order valence-electron chi connectivity index (χ2n) is 3.85. The number of carbonyl (C=O) groups excluding carboxylic acids is 1. The summed E-state index contributed by atoms with van der Waals surface area (Å²) in [4.78, 5) is 15.1. The van der Waals surface area contributed by atoms with Crippen molar-refractivity contribution in [1.82, 2.24) is 4.98 Å². The molecular formula is C13H9F3N2O. The second-order valence-corrected chi connectivity index (χ2v) is 3.85. The maximum absolute atomic E-state index is 13.7. The molecule has 0 saturated heterocycles. The van der Waals surface area contributed by atoms with Gasteiger partial charge in [-0.3, -0.25) is 4.79 Å². The van der Waals surface area contributed by atoms with Crippen LogP contribution in [0.15, 0.2) is 30.3 Å². The van der Waals surface area contributed by atoms with Crippen LogP contribution < -0.4 is 5.32 Å². The van der Waals surface area contributed by atoms with Gasteiger partial charge < -0.3 is 5.32 Å². The summed E-state index contributed by atoms with van der Waals surface area (Å²) in [5.41, 5.74) is -0.579. The molecule has 0 unspecified atom stereocenters. The number of nitrogens with one attached hydrogen (secondary N) is 1. The second kappa shape index (κ2) is 5.09. The van der Waals surface area contributed by atoms with Crippen molar-refractivity contribution in [3.8, 4) is 0 Å². The topological polar surface area (TPSA) is 42.0 Å². The molecule has 0 atom stereocenters. The van der Waals surface area contributed by atoms with Gasteiger partial charge in [-0.1, -0.05) is 12.1 Å². The van der Waals surface area contributed by atoms with Crippen molar-refractivity contribution in [2.75, 3.05) is 5.32 Å². The molecule has 1 aromatic heterocycles. The summed E-state index contributed by atoms with van der Waals surface area (Å²) in [6.07, 6.45) is 0. The predicted octanol–water partition coefficient (Wildman–Crippen LogP) is 3.06. The number of carbonyl (C=O) groups is 1. The Morgan fingerprint density at radius 3 is 2.58 bits per heavy atom. The van der Waals surface area contributed by atoms with E-state index in [1.54, 1.807) is 0 Å². The molecule has 0 radical (unpaired) electrons. The van der Waals surface area contributed by atoms with Crippen LogP contribution >= 0.6 is 0 Å². The molecule has 0 spiro atoms. The summed E-state index contributed by atoms with van der Waals surface area (Å²) in [7, 11) is 0. The van der Waals surface area contributed by atoms with Gasteiger partial charge in [0.2, 0.25) is 5.95 Å². The Morgan fingerprint density at radius 2 is 1.89 bits per heavy atom. The van der Waals surface area contributed by atoms with E-state index in [4.69, 9.17) is 0 Å². The van der Waals surface area contributed by atoms with Crippen LogP contribution in [-0.4, -0.2) is 10.9 Å². The van der Waals surface area contributed by atoms with Crippen LogP contribution in [-0.2, 0) is 0 Å². The van der Waals surface area contributed by atoms with Crippen molar-refractivity contribution in [3.63, 3.8) is 0 Å². The molecule has 0 aliphatic heterocycles. The summed E-state index contributed by atoms with van der Waals surface area (Å²) in [5, 5.41) is 2.14. The van der Waals surface area contributed by atoms with E-state index in [2.05, 4.69) is 10.3 Å². The zero-order valence-corrected chi connectivity index (χ0v) is 9.88. The smallest absolute Gasteiger partial charge is 0.262 e. The molecule has 1 heterocycles. The molecule has 98 valence electrons. The molecule has 2 rings (SSSR count). The van der Waals surface area contributed by atoms with Crippen LogP contribution in [0.1, 0.15) is 15.9 Å². The first-order chi connectivity index (χ1) is 8.99. The lowest BCUT2D eigenvalue weighted by atomic mass is 10.1.